The lowest BCUT2D eigenvalue weighted by molar-refractivity contribution is -0.161. The minimum atomic E-state index is -4.94. The van der Waals surface area contributed by atoms with Crippen molar-refractivity contribution in [2.24, 2.45) is 0 Å². The van der Waals surface area contributed by atoms with Gasteiger partial charge in [-0.05, 0) is 141 Å². The summed E-state index contributed by atoms with van der Waals surface area (Å²) in [5, 5.41) is 20.7. The number of aliphatic hydroxyl groups excluding tert-OH is 2. The molecule has 109 heavy (non-hydrogen) atoms. The molecule has 0 saturated carbocycles. The third-order valence-electron chi connectivity index (χ3n) is 18.0. The standard InChI is InChI=1S/C91H156O16P2/c1-4-7-10-13-16-19-22-25-27-29-31-33-35-37-39-40-41-42-43-44-46-48-49-51-53-55-57-60-62-65-68-71-74-77-89(94)101-80-86(92)81-103-108(97,98)104-82-87(93)83-105-109(99,100)106-85-88(107-91(96)79-76-73-70-67-64-59-24-21-18-15-12-9-6-3)84-102-90(95)78-75-72-69-66-63-61-58-56-54-52-50-47-45-38-36-34-32-30-28-26-23-20-17-14-11-8-5-2/h7,10,12,15-17,19-21,24-28,31-34,37-39,41-42,45,86-88,92-93H,4-6,8-9,11,13-14,18,22-23,29-30,35-36,40,43-44,46-85H2,1-3H3,(H,97,98)(H,99,100)/b10-7-,15-12-,19-16-,20-17-,24-21-,27-25-,28-26-,33-31-,34-32-,39-37-,42-41-,45-38-. The van der Waals surface area contributed by atoms with E-state index < -0.39 is 91.5 Å². The van der Waals surface area contributed by atoms with Crippen LogP contribution >= 0.6 is 15.6 Å². The molecule has 0 amide bonds. The molecule has 0 aliphatic heterocycles. The maximum Gasteiger partial charge on any atom is 0.472 e. The number of ether oxygens (including phenoxy) is 3. The molecule has 0 aliphatic rings. The third kappa shape index (κ3) is 84.2. The molecule has 0 rings (SSSR count). The van der Waals surface area contributed by atoms with Gasteiger partial charge in [0.15, 0.2) is 6.10 Å². The zero-order chi connectivity index (χ0) is 79.4. The van der Waals surface area contributed by atoms with Crippen molar-refractivity contribution < 1.29 is 75.8 Å². The normalized spacial score (nSPS) is 14.6. The van der Waals surface area contributed by atoms with E-state index >= 15 is 0 Å². The van der Waals surface area contributed by atoms with Gasteiger partial charge in [0, 0.05) is 19.3 Å². The first-order valence-electron chi connectivity index (χ1n) is 43.1. The number of esters is 3. The average molecular weight is 1570 g/mol. The molecule has 0 saturated heterocycles. The molecule has 0 spiro atoms. The molecule has 4 N–H and O–H groups in total. The molecule has 0 radical (unpaired) electrons. The van der Waals surface area contributed by atoms with Crippen molar-refractivity contribution in [2.45, 2.75) is 373 Å². The third-order valence-corrected chi connectivity index (χ3v) is 19.9. The van der Waals surface area contributed by atoms with E-state index in [0.29, 0.717) is 19.3 Å². The summed E-state index contributed by atoms with van der Waals surface area (Å²) in [6.45, 7) is 2.48. The number of carbonyl (C=O) groups excluding carboxylic acids is 3. The van der Waals surface area contributed by atoms with Gasteiger partial charge in [-0.2, -0.15) is 0 Å². The molecule has 626 valence electrons. The van der Waals surface area contributed by atoms with Crippen molar-refractivity contribution in [1.82, 2.24) is 0 Å². The fourth-order valence-electron chi connectivity index (χ4n) is 11.5. The molecular weight excluding hydrogens is 1410 g/mol. The number of carbonyl (C=O) groups is 3. The van der Waals surface area contributed by atoms with E-state index in [2.05, 4.69) is 167 Å². The van der Waals surface area contributed by atoms with Gasteiger partial charge in [0.2, 0.25) is 0 Å². The van der Waals surface area contributed by atoms with Gasteiger partial charge in [-0.15, -0.1) is 0 Å². The van der Waals surface area contributed by atoms with Crippen LogP contribution < -0.4 is 0 Å². The van der Waals surface area contributed by atoms with Crippen LogP contribution in [-0.2, 0) is 55.8 Å². The molecule has 5 atom stereocenters. The molecule has 16 nitrogen and oxygen atoms in total. The number of hydrogen-bond donors (Lipinski definition) is 4. The van der Waals surface area contributed by atoms with Crippen LogP contribution in [0.4, 0.5) is 0 Å². The second-order valence-corrected chi connectivity index (χ2v) is 31.5. The highest BCUT2D eigenvalue weighted by molar-refractivity contribution is 7.47. The highest BCUT2D eigenvalue weighted by Gasteiger charge is 2.29. The lowest BCUT2D eigenvalue weighted by Crippen LogP contribution is -2.30. The van der Waals surface area contributed by atoms with E-state index in [-0.39, 0.29) is 19.3 Å². The van der Waals surface area contributed by atoms with E-state index in [1.165, 1.54) is 128 Å². The summed E-state index contributed by atoms with van der Waals surface area (Å²) in [5.41, 5.74) is 0. The quantitative estimate of drug-likeness (QED) is 0.0146. The van der Waals surface area contributed by atoms with Crippen LogP contribution in [0.25, 0.3) is 0 Å². The SMILES string of the molecule is CC/C=C\C/C=C\C/C=C\C/C=C\C/C=C\C/C=C\CCCCCCCCCCCCCCCCC(=O)OCC(O)COP(=O)(O)OCC(O)COP(=O)(O)OCC(COC(=O)CCCCCCCCCCCCC/C=C\C/C=C\C/C=C\C/C=C\CCCCC)OC(=O)CCCCCCC/C=C\C/C=C\CCC. The van der Waals surface area contributed by atoms with Gasteiger partial charge < -0.3 is 34.2 Å². The first kappa shape index (κ1) is 104. The van der Waals surface area contributed by atoms with Crippen LogP contribution in [0.1, 0.15) is 355 Å². The second-order valence-electron chi connectivity index (χ2n) is 28.6. The maximum absolute atomic E-state index is 13.0. The Bertz CT molecular complexity index is 2560. The lowest BCUT2D eigenvalue weighted by Gasteiger charge is -2.21. The van der Waals surface area contributed by atoms with Gasteiger partial charge in [0.25, 0.3) is 0 Å². The van der Waals surface area contributed by atoms with Crippen LogP contribution in [0, 0.1) is 0 Å². The smallest absolute Gasteiger partial charge is 0.463 e. The van der Waals surface area contributed by atoms with Gasteiger partial charge in [-0.25, -0.2) is 9.13 Å². The number of unbranched alkanes of at least 4 members (excludes halogenated alkanes) is 34. The zero-order valence-electron chi connectivity index (χ0n) is 68.7. The van der Waals surface area contributed by atoms with Crippen molar-refractivity contribution in [2.75, 3.05) is 39.6 Å². The van der Waals surface area contributed by atoms with E-state index in [0.717, 1.165) is 167 Å². The number of rotatable bonds is 81. The largest absolute Gasteiger partial charge is 0.472 e. The van der Waals surface area contributed by atoms with Crippen molar-refractivity contribution in [3.05, 3.63) is 146 Å². The highest BCUT2D eigenvalue weighted by atomic mass is 31.2. The number of phosphoric ester groups is 2. The van der Waals surface area contributed by atoms with Crippen molar-refractivity contribution in [3.63, 3.8) is 0 Å². The monoisotopic (exact) mass is 1570 g/mol. The summed E-state index contributed by atoms with van der Waals surface area (Å²) in [7, 11) is -9.80. The number of allylic oxidation sites excluding steroid dienone is 24. The molecule has 0 aromatic rings. The number of phosphoric acid groups is 2. The Morgan fingerprint density at radius 1 is 0.266 bits per heavy atom. The lowest BCUT2D eigenvalue weighted by atomic mass is 10.0. The fourth-order valence-corrected chi connectivity index (χ4v) is 13.1. The Labute approximate surface area is 664 Å². The Kier molecular flexibility index (Phi) is 79.4. The van der Waals surface area contributed by atoms with Gasteiger partial charge >= 0.3 is 33.6 Å². The van der Waals surface area contributed by atoms with Crippen molar-refractivity contribution >= 4 is 33.6 Å². The van der Waals surface area contributed by atoms with E-state index in [1.54, 1.807) is 0 Å². The van der Waals surface area contributed by atoms with Crippen molar-refractivity contribution in [1.29, 1.82) is 0 Å². The van der Waals surface area contributed by atoms with E-state index in [1.807, 2.05) is 0 Å². The van der Waals surface area contributed by atoms with Crippen LogP contribution in [-0.4, -0.2) is 95.9 Å². The Morgan fingerprint density at radius 2 is 0.505 bits per heavy atom. The Balaban J connectivity index is 4.44. The molecule has 5 unspecified atom stereocenters. The minimum Gasteiger partial charge on any atom is -0.463 e. The summed E-state index contributed by atoms with van der Waals surface area (Å²) in [6.07, 6.45) is 103. The summed E-state index contributed by atoms with van der Waals surface area (Å²) < 4.78 is 61.2. The molecule has 0 aliphatic carbocycles. The maximum atomic E-state index is 13.0. The molecule has 18 heteroatoms. The van der Waals surface area contributed by atoms with Crippen LogP contribution in [0.2, 0.25) is 0 Å². The molecule has 0 fully saturated rings. The summed E-state index contributed by atoms with van der Waals surface area (Å²) in [4.78, 5) is 58.7. The molecule has 0 aromatic heterocycles. The predicted molar refractivity (Wildman–Crippen MR) is 454 cm³/mol. The Hall–Kier alpha value is -4.57. The van der Waals surface area contributed by atoms with Crippen LogP contribution in [0.3, 0.4) is 0 Å². The molecule has 0 heterocycles. The van der Waals surface area contributed by atoms with Crippen molar-refractivity contribution in [3.8, 4) is 0 Å². The molecule has 0 aromatic carbocycles. The van der Waals surface area contributed by atoms with E-state index in [4.69, 9.17) is 32.3 Å². The minimum absolute atomic E-state index is 0.0860. The Morgan fingerprint density at radius 3 is 0.807 bits per heavy atom. The van der Waals surface area contributed by atoms with Crippen LogP contribution in [0.15, 0.2) is 146 Å². The van der Waals surface area contributed by atoms with E-state index in [9.17, 15) is 43.5 Å². The summed E-state index contributed by atoms with van der Waals surface area (Å²) in [5.74, 6) is -1.59. The average Bonchev–Trinajstić information content (AvgIpc) is 0.915. The topological polar surface area (TPSA) is 231 Å². The van der Waals surface area contributed by atoms with Gasteiger partial charge in [-0.3, -0.25) is 32.5 Å². The highest BCUT2D eigenvalue weighted by Crippen LogP contribution is 2.45. The number of aliphatic hydroxyl groups is 2. The summed E-state index contributed by atoms with van der Waals surface area (Å²) in [6, 6.07) is 0. The molecule has 0 bridgehead atoms. The fraction of sp³-hybridized carbons (Fsp3) is 0.703. The predicted octanol–water partition coefficient (Wildman–Crippen LogP) is 26.0. The number of hydrogen-bond acceptors (Lipinski definition) is 14. The van der Waals surface area contributed by atoms with Gasteiger partial charge in [0.05, 0.1) is 26.4 Å². The first-order chi connectivity index (χ1) is 53.2. The van der Waals surface area contributed by atoms with Gasteiger partial charge in [0.1, 0.15) is 25.4 Å². The van der Waals surface area contributed by atoms with Crippen LogP contribution in [0.5, 0.6) is 0 Å². The zero-order valence-corrected chi connectivity index (χ0v) is 70.5. The molecular formula is C91H156O16P2. The summed E-state index contributed by atoms with van der Waals surface area (Å²) >= 11 is 0. The first-order valence-corrected chi connectivity index (χ1v) is 46.1. The van der Waals surface area contributed by atoms with Gasteiger partial charge in [-0.1, -0.05) is 340 Å². The second kappa shape index (κ2) is 82.9.